The average molecular weight is 150 g/mol. The maximum atomic E-state index is 11.0. The van der Waals surface area contributed by atoms with Crippen LogP contribution in [-0.2, 0) is 9.59 Å². The highest BCUT2D eigenvalue weighted by Gasteiger charge is 2.30. The number of allylic oxidation sites excluding steroid dienone is 2. The predicted octanol–water partition coefficient (Wildman–Crippen LogP) is 1.11. The first-order valence-corrected chi connectivity index (χ1v) is 4.00. The van der Waals surface area contributed by atoms with Gasteiger partial charge in [0.2, 0.25) is 0 Å². The molecular weight excluding hydrogens is 140 g/mol. The second-order valence-corrected chi connectivity index (χ2v) is 3.40. The van der Waals surface area contributed by atoms with Crippen LogP contribution in [0.5, 0.6) is 0 Å². The predicted molar refractivity (Wildman–Crippen MR) is 40.0 cm³/mol. The van der Waals surface area contributed by atoms with Gasteiger partial charge in [-0.1, -0.05) is 12.2 Å². The summed E-state index contributed by atoms with van der Waals surface area (Å²) in [5.41, 5.74) is 0. The molecule has 2 aliphatic carbocycles. The largest absolute Gasteiger partial charge is 0.291 e. The SMILES string of the molecule is O=C1C[C@H]2C=C[C@@H](CC1=O)C2. The van der Waals surface area contributed by atoms with E-state index in [1.54, 1.807) is 0 Å². The van der Waals surface area contributed by atoms with E-state index in [0.29, 0.717) is 24.7 Å². The van der Waals surface area contributed by atoms with E-state index in [0.717, 1.165) is 6.42 Å². The van der Waals surface area contributed by atoms with Crippen LogP contribution >= 0.6 is 0 Å². The first kappa shape index (κ1) is 6.77. The summed E-state index contributed by atoms with van der Waals surface area (Å²) in [6, 6.07) is 0. The van der Waals surface area contributed by atoms with Gasteiger partial charge in [-0.25, -0.2) is 0 Å². The third-order valence-corrected chi connectivity index (χ3v) is 2.47. The highest BCUT2D eigenvalue weighted by molar-refractivity contribution is 6.37. The molecule has 0 saturated heterocycles. The Labute approximate surface area is 65.3 Å². The molecule has 0 unspecified atom stereocenters. The van der Waals surface area contributed by atoms with Crippen LogP contribution in [0.4, 0.5) is 0 Å². The molecule has 0 N–H and O–H groups in total. The monoisotopic (exact) mass is 150 g/mol. The van der Waals surface area contributed by atoms with Crippen molar-refractivity contribution in [1.29, 1.82) is 0 Å². The van der Waals surface area contributed by atoms with Crippen LogP contribution in [0.3, 0.4) is 0 Å². The fourth-order valence-corrected chi connectivity index (χ4v) is 1.87. The van der Waals surface area contributed by atoms with Crippen LogP contribution in [0.15, 0.2) is 12.2 Å². The minimum atomic E-state index is -0.165. The van der Waals surface area contributed by atoms with Gasteiger partial charge in [0.15, 0.2) is 11.6 Å². The molecule has 0 spiro atoms. The maximum Gasteiger partial charge on any atom is 0.198 e. The number of ketones is 2. The summed E-state index contributed by atoms with van der Waals surface area (Å²) in [6.45, 7) is 0. The van der Waals surface area contributed by atoms with Crippen molar-refractivity contribution in [1.82, 2.24) is 0 Å². The zero-order valence-electron chi connectivity index (χ0n) is 6.25. The maximum absolute atomic E-state index is 11.0. The lowest BCUT2D eigenvalue weighted by Crippen LogP contribution is -2.14. The van der Waals surface area contributed by atoms with Crippen LogP contribution in [0, 0.1) is 11.8 Å². The molecule has 2 nitrogen and oxygen atoms in total. The van der Waals surface area contributed by atoms with E-state index in [4.69, 9.17) is 0 Å². The van der Waals surface area contributed by atoms with Crippen molar-refractivity contribution in [3.63, 3.8) is 0 Å². The summed E-state index contributed by atoms with van der Waals surface area (Å²) in [4.78, 5) is 22.0. The zero-order chi connectivity index (χ0) is 7.84. The molecule has 0 heterocycles. The van der Waals surface area contributed by atoms with E-state index in [9.17, 15) is 9.59 Å². The Morgan fingerprint density at radius 1 is 1.00 bits per heavy atom. The van der Waals surface area contributed by atoms with Crippen molar-refractivity contribution in [3.05, 3.63) is 12.2 Å². The van der Waals surface area contributed by atoms with Crippen LogP contribution in [0.1, 0.15) is 19.3 Å². The average Bonchev–Trinajstić information content (AvgIpc) is 2.30. The fraction of sp³-hybridized carbons (Fsp3) is 0.556. The van der Waals surface area contributed by atoms with Gasteiger partial charge in [-0.05, 0) is 18.3 Å². The molecule has 2 rings (SSSR count). The van der Waals surface area contributed by atoms with E-state index >= 15 is 0 Å². The highest BCUT2D eigenvalue weighted by Crippen LogP contribution is 2.31. The Balaban J connectivity index is 2.23. The summed E-state index contributed by atoms with van der Waals surface area (Å²) >= 11 is 0. The van der Waals surface area contributed by atoms with Crippen molar-refractivity contribution in [2.75, 3.05) is 0 Å². The van der Waals surface area contributed by atoms with Gasteiger partial charge < -0.3 is 0 Å². The number of fused-ring (bicyclic) bond motifs is 2. The van der Waals surface area contributed by atoms with Crippen molar-refractivity contribution >= 4 is 11.6 Å². The van der Waals surface area contributed by atoms with Crippen molar-refractivity contribution < 1.29 is 9.59 Å². The summed E-state index contributed by atoms with van der Waals surface area (Å²) in [7, 11) is 0. The normalized spacial score (nSPS) is 36.0. The summed E-state index contributed by atoms with van der Waals surface area (Å²) < 4.78 is 0. The van der Waals surface area contributed by atoms with E-state index in [1.807, 2.05) is 0 Å². The third-order valence-electron chi connectivity index (χ3n) is 2.47. The van der Waals surface area contributed by atoms with Crippen LogP contribution in [0.25, 0.3) is 0 Å². The fourth-order valence-electron chi connectivity index (χ4n) is 1.87. The smallest absolute Gasteiger partial charge is 0.198 e. The molecule has 1 fully saturated rings. The number of Topliss-reactive ketones (excluding diaryl/α,β-unsaturated/α-hetero) is 2. The summed E-state index contributed by atoms with van der Waals surface area (Å²) in [5.74, 6) is 0.390. The molecular formula is C9H10O2. The second-order valence-electron chi connectivity index (χ2n) is 3.40. The molecule has 0 aliphatic heterocycles. The van der Waals surface area contributed by atoms with E-state index < -0.39 is 0 Å². The summed E-state index contributed by atoms with van der Waals surface area (Å²) in [6.07, 6.45) is 6.07. The number of carbonyl (C=O) groups is 2. The molecule has 1 saturated carbocycles. The van der Waals surface area contributed by atoms with Crippen molar-refractivity contribution in [2.24, 2.45) is 11.8 Å². The highest BCUT2D eigenvalue weighted by atomic mass is 16.2. The third kappa shape index (κ3) is 1.13. The quantitative estimate of drug-likeness (QED) is 0.383. The Morgan fingerprint density at radius 3 is 1.91 bits per heavy atom. The molecule has 2 aliphatic rings. The molecule has 11 heavy (non-hydrogen) atoms. The first-order valence-electron chi connectivity index (χ1n) is 4.00. The van der Waals surface area contributed by atoms with Crippen LogP contribution in [0.2, 0.25) is 0 Å². The lowest BCUT2D eigenvalue weighted by atomic mass is 10.0. The number of carbonyl (C=O) groups excluding carboxylic acids is 2. The second kappa shape index (κ2) is 2.29. The molecule has 2 bridgehead atoms. The lowest BCUT2D eigenvalue weighted by Gasteiger charge is -2.01. The van der Waals surface area contributed by atoms with Gasteiger partial charge in [-0.3, -0.25) is 9.59 Å². The van der Waals surface area contributed by atoms with Gasteiger partial charge in [-0.2, -0.15) is 0 Å². The minimum absolute atomic E-state index is 0.165. The molecule has 58 valence electrons. The molecule has 0 amide bonds. The van der Waals surface area contributed by atoms with Crippen molar-refractivity contribution in [2.45, 2.75) is 19.3 Å². The van der Waals surface area contributed by atoms with Gasteiger partial charge in [0.25, 0.3) is 0 Å². The zero-order valence-corrected chi connectivity index (χ0v) is 6.25. The molecule has 2 heteroatoms. The summed E-state index contributed by atoms with van der Waals surface area (Å²) in [5, 5.41) is 0. The Kier molecular flexibility index (Phi) is 1.41. The van der Waals surface area contributed by atoms with Gasteiger partial charge in [-0.15, -0.1) is 0 Å². The van der Waals surface area contributed by atoms with E-state index in [-0.39, 0.29) is 11.6 Å². The Hall–Kier alpha value is -0.920. The van der Waals surface area contributed by atoms with Gasteiger partial charge in [0.1, 0.15) is 0 Å². The van der Waals surface area contributed by atoms with E-state index in [2.05, 4.69) is 12.2 Å². The lowest BCUT2D eigenvalue weighted by molar-refractivity contribution is -0.136. The molecule has 0 aromatic carbocycles. The molecule has 2 atom stereocenters. The molecule has 0 aromatic rings. The standard InChI is InChI=1S/C9H10O2/c10-8-4-6-1-2-7(3-6)5-9(8)11/h1-2,6-7H,3-5H2/t6-,7+. The number of hydrogen-bond acceptors (Lipinski definition) is 2. The number of rotatable bonds is 0. The van der Waals surface area contributed by atoms with E-state index in [1.165, 1.54) is 0 Å². The number of hydrogen-bond donors (Lipinski definition) is 0. The van der Waals surface area contributed by atoms with Crippen molar-refractivity contribution in [3.8, 4) is 0 Å². The van der Waals surface area contributed by atoms with Crippen LogP contribution in [-0.4, -0.2) is 11.6 Å². The van der Waals surface area contributed by atoms with Crippen LogP contribution < -0.4 is 0 Å². The molecule has 0 aromatic heterocycles. The topological polar surface area (TPSA) is 34.1 Å². The van der Waals surface area contributed by atoms with Gasteiger partial charge in [0.05, 0.1) is 0 Å². The van der Waals surface area contributed by atoms with Gasteiger partial charge >= 0.3 is 0 Å². The minimum Gasteiger partial charge on any atom is -0.291 e. The molecule has 0 radical (unpaired) electrons. The first-order chi connectivity index (χ1) is 5.25. The van der Waals surface area contributed by atoms with Gasteiger partial charge in [0, 0.05) is 12.8 Å². The Morgan fingerprint density at radius 2 is 1.45 bits per heavy atom. The Bertz CT molecular complexity index is 216.